The van der Waals surface area contributed by atoms with Crippen molar-refractivity contribution in [3.05, 3.63) is 29.8 Å². The number of hydrogen-bond donors (Lipinski definition) is 0. The van der Waals surface area contributed by atoms with E-state index in [1.165, 1.54) is 44.3 Å². The zero-order valence-corrected chi connectivity index (χ0v) is 15.5. The highest BCUT2D eigenvalue weighted by atomic mass is 16.5. The lowest BCUT2D eigenvalue weighted by Crippen LogP contribution is -2.52. The maximum absolute atomic E-state index is 5.68. The Hall–Kier alpha value is -1.10. The lowest BCUT2D eigenvalue weighted by Gasteiger charge is -2.45. The molecule has 3 rings (SSSR count). The predicted octanol–water partition coefficient (Wildman–Crippen LogP) is 3.16. The molecule has 1 spiro atoms. The van der Waals surface area contributed by atoms with Crippen LogP contribution >= 0.6 is 0 Å². The number of likely N-dealkylation sites (tertiary alicyclic amines) is 2. The third-order valence-electron chi connectivity index (χ3n) is 6.13. The molecule has 0 N–H and O–H groups in total. The topological polar surface area (TPSA) is 24.9 Å². The van der Waals surface area contributed by atoms with E-state index < -0.39 is 0 Å². The first kappa shape index (κ1) is 17.7. The molecule has 2 heterocycles. The monoisotopic (exact) mass is 332 g/mol. The number of benzene rings is 1. The van der Waals surface area contributed by atoms with Crippen LogP contribution in [0.1, 0.15) is 38.2 Å². The number of rotatable bonds is 6. The molecule has 2 aliphatic rings. The number of nitrogens with zero attached hydrogens (tertiary/aromatic N) is 2. The fourth-order valence-corrected chi connectivity index (χ4v) is 4.45. The zero-order chi connectivity index (χ0) is 17.0. The van der Waals surface area contributed by atoms with Gasteiger partial charge in [-0.05, 0) is 45.7 Å². The van der Waals surface area contributed by atoms with Gasteiger partial charge in [-0.15, -0.1) is 0 Å². The Morgan fingerprint density at radius 3 is 2.62 bits per heavy atom. The van der Waals surface area contributed by atoms with E-state index in [0.29, 0.717) is 11.6 Å². The van der Waals surface area contributed by atoms with Crippen LogP contribution in [-0.4, -0.2) is 61.8 Å². The van der Waals surface area contributed by atoms with Gasteiger partial charge >= 0.3 is 0 Å². The number of methoxy groups -OCH3 is 1. The molecule has 0 bridgehead atoms. The van der Waals surface area contributed by atoms with E-state index >= 15 is 0 Å². The van der Waals surface area contributed by atoms with Gasteiger partial charge in [0.25, 0.3) is 0 Å². The fraction of sp³-hybridized carbons (Fsp3) is 0.700. The Bertz CT molecular complexity index is 526. The van der Waals surface area contributed by atoms with Gasteiger partial charge in [0.15, 0.2) is 0 Å². The van der Waals surface area contributed by atoms with Crippen LogP contribution in [-0.2, 0) is 11.3 Å². The van der Waals surface area contributed by atoms with Gasteiger partial charge in [-0.1, -0.05) is 18.2 Å². The number of ether oxygens (including phenoxy) is 2. The highest BCUT2D eigenvalue weighted by Gasteiger charge is 2.45. The maximum atomic E-state index is 5.68. The van der Waals surface area contributed by atoms with Crippen molar-refractivity contribution in [2.75, 3.05) is 40.5 Å². The Morgan fingerprint density at radius 2 is 1.92 bits per heavy atom. The van der Waals surface area contributed by atoms with Crippen LogP contribution in [0, 0.1) is 0 Å². The molecule has 0 aromatic heterocycles. The molecular formula is C20H32N2O2. The molecule has 1 aromatic rings. The third-order valence-corrected chi connectivity index (χ3v) is 6.13. The van der Waals surface area contributed by atoms with Crippen LogP contribution in [0.3, 0.4) is 0 Å². The van der Waals surface area contributed by atoms with Crippen molar-refractivity contribution in [1.82, 2.24) is 9.80 Å². The number of hydrogen-bond acceptors (Lipinski definition) is 4. The summed E-state index contributed by atoms with van der Waals surface area (Å²) >= 11 is 0. The van der Waals surface area contributed by atoms with E-state index in [2.05, 4.69) is 42.0 Å². The van der Waals surface area contributed by atoms with Gasteiger partial charge in [0.05, 0.1) is 13.7 Å². The first-order valence-corrected chi connectivity index (χ1v) is 9.33. The van der Waals surface area contributed by atoms with Gasteiger partial charge in [0.1, 0.15) is 5.75 Å². The first-order chi connectivity index (χ1) is 11.7. The molecule has 2 saturated heterocycles. The van der Waals surface area contributed by atoms with Crippen molar-refractivity contribution in [3.63, 3.8) is 0 Å². The molecule has 0 amide bonds. The third kappa shape index (κ3) is 3.61. The smallest absolute Gasteiger partial charge is 0.123 e. The van der Waals surface area contributed by atoms with E-state index in [1.54, 1.807) is 7.11 Å². The molecule has 0 radical (unpaired) electrons. The van der Waals surface area contributed by atoms with Crippen LogP contribution in [0.2, 0.25) is 0 Å². The quantitative estimate of drug-likeness (QED) is 0.799. The van der Waals surface area contributed by atoms with E-state index in [0.717, 1.165) is 25.5 Å². The molecule has 2 fully saturated rings. The molecule has 24 heavy (non-hydrogen) atoms. The van der Waals surface area contributed by atoms with E-state index in [-0.39, 0.29) is 0 Å². The minimum absolute atomic E-state index is 0.402. The van der Waals surface area contributed by atoms with Crippen molar-refractivity contribution in [2.45, 2.75) is 50.7 Å². The zero-order valence-electron chi connectivity index (χ0n) is 15.5. The molecule has 4 nitrogen and oxygen atoms in total. The number of para-hydroxylation sites is 1. The molecule has 134 valence electrons. The summed E-state index contributed by atoms with van der Waals surface area (Å²) in [6, 6.07) is 8.99. The standard InChI is InChI=1S/C20H32N2O2/c1-4-24-16-18-9-10-20(21(18)2)11-13-22(14-12-20)15-17-7-5-6-8-19(17)23-3/h5-8,18H,4,9-16H2,1-3H3/t18-/m0/s1. The van der Waals surface area contributed by atoms with Crippen molar-refractivity contribution >= 4 is 0 Å². The highest BCUT2D eigenvalue weighted by Crippen LogP contribution is 2.41. The Morgan fingerprint density at radius 1 is 1.17 bits per heavy atom. The second kappa shape index (κ2) is 7.85. The summed E-state index contributed by atoms with van der Waals surface area (Å²) in [6.45, 7) is 7.13. The molecule has 0 unspecified atom stereocenters. The largest absolute Gasteiger partial charge is 0.496 e. The van der Waals surface area contributed by atoms with Gasteiger partial charge in [-0.25, -0.2) is 0 Å². The maximum Gasteiger partial charge on any atom is 0.123 e. The summed E-state index contributed by atoms with van der Waals surface area (Å²) in [4.78, 5) is 5.20. The van der Waals surface area contributed by atoms with Crippen LogP contribution in [0.5, 0.6) is 5.75 Å². The molecule has 4 heteroatoms. The van der Waals surface area contributed by atoms with Crippen LogP contribution in [0.25, 0.3) is 0 Å². The normalized spacial score (nSPS) is 24.5. The molecule has 1 atom stereocenters. The minimum Gasteiger partial charge on any atom is -0.496 e. The van der Waals surface area contributed by atoms with Crippen molar-refractivity contribution < 1.29 is 9.47 Å². The van der Waals surface area contributed by atoms with E-state index in [9.17, 15) is 0 Å². The van der Waals surface area contributed by atoms with Crippen molar-refractivity contribution in [1.29, 1.82) is 0 Å². The molecule has 0 saturated carbocycles. The SMILES string of the molecule is CCOC[C@@H]1CCC2(CCN(Cc3ccccc3OC)CC2)N1C. The van der Waals surface area contributed by atoms with Crippen LogP contribution in [0.15, 0.2) is 24.3 Å². The highest BCUT2D eigenvalue weighted by molar-refractivity contribution is 5.33. The summed E-state index contributed by atoms with van der Waals surface area (Å²) in [5.41, 5.74) is 1.70. The van der Waals surface area contributed by atoms with Crippen molar-refractivity contribution in [3.8, 4) is 5.75 Å². The molecular weight excluding hydrogens is 300 g/mol. The van der Waals surface area contributed by atoms with Gasteiger partial charge in [-0.2, -0.15) is 0 Å². The second-order valence-corrected chi connectivity index (χ2v) is 7.28. The summed E-state index contributed by atoms with van der Waals surface area (Å²) in [5.74, 6) is 1.01. The lowest BCUT2D eigenvalue weighted by molar-refractivity contribution is 0.0204. The number of likely N-dealkylation sites (N-methyl/N-ethyl adjacent to an activating group) is 1. The summed E-state index contributed by atoms with van der Waals surface area (Å²) in [6.07, 6.45) is 5.13. The van der Waals surface area contributed by atoms with Gasteiger partial charge in [-0.3, -0.25) is 9.80 Å². The minimum atomic E-state index is 0.402. The first-order valence-electron chi connectivity index (χ1n) is 9.33. The Labute approximate surface area is 146 Å². The average Bonchev–Trinajstić information content (AvgIpc) is 2.92. The van der Waals surface area contributed by atoms with E-state index in [4.69, 9.17) is 9.47 Å². The summed E-state index contributed by atoms with van der Waals surface area (Å²) in [7, 11) is 4.07. The number of piperidine rings is 1. The van der Waals surface area contributed by atoms with Crippen LogP contribution < -0.4 is 4.74 Å². The summed E-state index contributed by atoms with van der Waals surface area (Å²) in [5, 5.41) is 0. The Balaban J connectivity index is 1.56. The lowest BCUT2D eigenvalue weighted by atomic mass is 9.85. The van der Waals surface area contributed by atoms with Gasteiger partial charge in [0.2, 0.25) is 0 Å². The average molecular weight is 332 g/mol. The van der Waals surface area contributed by atoms with Crippen LogP contribution in [0.4, 0.5) is 0 Å². The van der Waals surface area contributed by atoms with E-state index in [1.807, 2.05) is 6.07 Å². The van der Waals surface area contributed by atoms with Gasteiger partial charge in [0, 0.05) is 43.4 Å². The Kier molecular flexibility index (Phi) is 5.80. The van der Waals surface area contributed by atoms with Crippen molar-refractivity contribution in [2.24, 2.45) is 0 Å². The molecule has 2 aliphatic heterocycles. The van der Waals surface area contributed by atoms with Gasteiger partial charge < -0.3 is 9.47 Å². The predicted molar refractivity (Wildman–Crippen MR) is 97.5 cm³/mol. The summed E-state index contributed by atoms with van der Waals surface area (Å²) < 4.78 is 11.2. The molecule has 1 aromatic carbocycles. The second-order valence-electron chi connectivity index (χ2n) is 7.28. The fourth-order valence-electron chi connectivity index (χ4n) is 4.45. The molecule has 0 aliphatic carbocycles.